The number of aromatic nitrogens is 2. The van der Waals surface area contributed by atoms with Gasteiger partial charge in [0.2, 0.25) is 0 Å². The van der Waals surface area contributed by atoms with Crippen LogP contribution in [0, 0.1) is 6.92 Å². The Hall–Kier alpha value is -1.32. The zero-order valence-corrected chi connectivity index (χ0v) is 12.3. The highest BCUT2D eigenvalue weighted by Crippen LogP contribution is 2.26. The average molecular weight is 296 g/mol. The van der Waals surface area contributed by atoms with Gasteiger partial charge in [-0.2, -0.15) is 0 Å². The summed E-state index contributed by atoms with van der Waals surface area (Å²) in [4.78, 5) is 8.19. The van der Waals surface area contributed by atoms with Crippen molar-refractivity contribution in [2.45, 2.75) is 26.3 Å². The van der Waals surface area contributed by atoms with E-state index in [1.807, 2.05) is 31.2 Å². The van der Waals surface area contributed by atoms with E-state index >= 15 is 0 Å². The quantitative estimate of drug-likeness (QED) is 0.834. The number of nitrogens with zero attached hydrogens (tertiary/aromatic N) is 2. The van der Waals surface area contributed by atoms with Crippen LogP contribution in [0.5, 0.6) is 0 Å². The molecule has 1 aromatic heterocycles. The number of hydrogen-bond donors (Lipinski definition) is 1. The lowest BCUT2D eigenvalue weighted by molar-refractivity contribution is 0.742. The molecule has 100 valence electrons. The van der Waals surface area contributed by atoms with Gasteiger partial charge in [0.1, 0.15) is 17.3 Å². The predicted octanol–water partition coefficient (Wildman–Crippen LogP) is 4.66. The van der Waals surface area contributed by atoms with E-state index in [0.29, 0.717) is 5.15 Å². The number of benzene rings is 1. The second kappa shape index (κ2) is 6.22. The first-order valence-corrected chi connectivity index (χ1v) is 6.86. The average Bonchev–Trinajstić information content (AvgIpc) is 2.42. The topological polar surface area (TPSA) is 37.8 Å². The number of halogens is 2. The summed E-state index contributed by atoms with van der Waals surface area (Å²) in [7, 11) is 0. The Balaban J connectivity index is 2.24. The molecule has 0 aliphatic heterocycles. The van der Waals surface area contributed by atoms with Crippen molar-refractivity contribution in [2.75, 3.05) is 5.32 Å². The molecule has 1 N–H and O–H groups in total. The monoisotopic (exact) mass is 295 g/mol. The number of hydrogen-bond acceptors (Lipinski definition) is 3. The Labute approximate surface area is 123 Å². The third kappa shape index (κ3) is 3.37. The van der Waals surface area contributed by atoms with Crippen LogP contribution in [0.3, 0.4) is 0 Å². The van der Waals surface area contributed by atoms with E-state index in [0.717, 1.165) is 22.8 Å². The first-order valence-electron chi connectivity index (χ1n) is 6.11. The van der Waals surface area contributed by atoms with Gasteiger partial charge in [0, 0.05) is 10.6 Å². The minimum Gasteiger partial charge on any atom is -0.363 e. The Kier molecular flexibility index (Phi) is 4.61. The van der Waals surface area contributed by atoms with Crippen LogP contribution >= 0.6 is 23.2 Å². The van der Waals surface area contributed by atoms with Crippen molar-refractivity contribution in [1.29, 1.82) is 0 Å². The molecule has 0 radical (unpaired) electrons. The highest BCUT2D eigenvalue weighted by molar-refractivity contribution is 6.30. The summed E-state index contributed by atoms with van der Waals surface area (Å²) in [6.45, 7) is 4.02. The molecule has 1 heterocycles. The van der Waals surface area contributed by atoms with Gasteiger partial charge in [-0.3, -0.25) is 0 Å². The van der Waals surface area contributed by atoms with E-state index in [-0.39, 0.29) is 6.04 Å². The molecular weight excluding hydrogens is 281 g/mol. The maximum absolute atomic E-state index is 6.00. The lowest BCUT2D eigenvalue weighted by Crippen LogP contribution is -2.12. The van der Waals surface area contributed by atoms with Gasteiger partial charge >= 0.3 is 0 Å². The lowest BCUT2D eigenvalue weighted by atomic mass is 10.0. The fourth-order valence-corrected chi connectivity index (χ4v) is 2.11. The molecular formula is C14H15Cl2N3. The first-order chi connectivity index (χ1) is 9.11. The van der Waals surface area contributed by atoms with Gasteiger partial charge in [0.25, 0.3) is 0 Å². The zero-order valence-electron chi connectivity index (χ0n) is 10.8. The van der Waals surface area contributed by atoms with E-state index in [2.05, 4.69) is 22.2 Å². The fourth-order valence-electron chi connectivity index (χ4n) is 1.86. The molecule has 0 amide bonds. The predicted molar refractivity (Wildman–Crippen MR) is 79.9 cm³/mol. The summed E-state index contributed by atoms with van der Waals surface area (Å²) >= 11 is 11.9. The molecule has 3 nitrogen and oxygen atoms in total. The molecule has 0 aliphatic carbocycles. The second-order valence-electron chi connectivity index (χ2n) is 4.29. The van der Waals surface area contributed by atoms with E-state index in [1.54, 1.807) is 0 Å². The second-order valence-corrected chi connectivity index (χ2v) is 5.09. The summed E-state index contributed by atoms with van der Waals surface area (Å²) in [5, 5.41) is 4.61. The number of anilines is 1. The highest BCUT2D eigenvalue weighted by Gasteiger charge is 2.12. The van der Waals surface area contributed by atoms with Gasteiger partial charge in [-0.1, -0.05) is 42.3 Å². The van der Waals surface area contributed by atoms with E-state index in [9.17, 15) is 0 Å². The van der Waals surface area contributed by atoms with Crippen LogP contribution in [0.1, 0.15) is 30.5 Å². The highest BCUT2D eigenvalue weighted by atomic mass is 35.5. The van der Waals surface area contributed by atoms with Gasteiger partial charge in [-0.05, 0) is 31.0 Å². The van der Waals surface area contributed by atoms with Crippen molar-refractivity contribution in [3.8, 4) is 0 Å². The maximum Gasteiger partial charge on any atom is 0.137 e. The van der Waals surface area contributed by atoms with Gasteiger partial charge < -0.3 is 5.32 Å². The fraction of sp³-hybridized carbons (Fsp3) is 0.286. The van der Waals surface area contributed by atoms with Crippen LogP contribution in [-0.4, -0.2) is 9.97 Å². The van der Waals surface area contributed by atoms with E-state index in [4.69, 9.17) is 23.2 Å². The Morgan fingerprint density at radius 1 is 1.16 bits per heavy atom. The lowest BCUT2D eigenvalue weighted by Gasteiger charge is -2.19. The molecule has 0 aliphatic rings. The van der Waals surface area contributed by atoms with E-state index < -0.39 is 0 Å². The summed E-state index contributed by atoms with van der Waals surface area (Å²) < 4.78 is 0. The van der Waals surface area contributed by atoms with Crippen LogP contribution in [0.2, 0.25) is 10.2 Å². The molecule has 19 heavy (non-hydrogen) atoms. The van der Waals surface area contributed by atoms with Crippen LogP contribution < -0.4 is 5.32 Å². The summed E-state index contributed by atoms with van der Waals surface area (Å²) in [6.07, 6.45) is 2.40. The third-order valence-corrected chi connectivity index (χ3v) is 3.65. The molecule has 1 atom stereocenters. The van der Waals surface area contributed by atoms with Gasteiger partial charge in [-0.25, -0.2) is 9.97 Å². The minimum atomic E-state index is 0.168. The van der Waals surface area contributed by atoms with Crippen LogP contribution in [0.15, 0.2) is 30.6 Å². The van der Waals surface area contributed by atoms with Gasteiger partial charge in [0.05, 0.1) is 6.04 Å². The molecule has 0 fully saturated rings. The largest absolute Gasteiger partial charge is 0.363 e. The third-order valence-electron chi connectivity index (χ3n) is 3.01. The minimum absolute atomic E-state index is 0.168. The van der Waals surface area contributed by atoms with Crippen LogP contribution in [-0.2, 0) is 0 Å². The first kappa shape index (κ1) is 14.1. The van der Waals surface area contributed by atoms with Crippen molar-refractivity contribution in [3.05, 3.63) is 51.9 Å². The molecule has 2 aromatic rings. The molecule has 1 aromatic carbocycles. The molecule has 0 bridgehead atoms. The molecule has 1 unspecified atom stereocenters. The van der Waals surface area contributed by atoms with Crippen molar-refractivity contribution in [3.63, 3.8) is 0 Å². The normalized spacial score (nSPS) is 12.2. The number of rotatable bonds is 4. The van der Waals surface area contributed by atoms with E-state index in [1.165, 1.54) is 11.9 Å². The molecule has 5 heteroatoms. The summed E-state index contributed by atoms with van der Waals surface area (Å²) in [6, 6.07) is 7.98. The SMILES string of the molecule is CCC(Nc1ncnc(Cl)c1C)c1ccc(Cl)cc1. The van der Waals surface area contributed by atoms with Crippen molar-refractivity contribution in [2.24, 2.45) is 0 Å². The number of nitrogens with one attached hydrogen (secondary N) is 1. The van der Waals surface area contributed by atoms with Crippen LogP contribution in [0.25, 0.3) is 0 Å². The Bertz CT molecular complexity index is 555. The van der Waals surface area contributed by atoms with Gasteiger partial charge in [-0.15, -0.1) is 0 Å². The Morgan fingerprint density at radius 3 is 2.47 bits per heavy atom. The zero-order chi connectivity index (χ0) is 13.8. The molecule has 2 rings (SSSR count). The standard InChI is InChI=1S/C14H15Cl2N3/c1-3-12(10-4-6-11(15)7-5-10)19-14-9(2)13(16)17-8-18-14/h4-8,12H,3H2,1-2H3,(H,17,18,19). The summed E-state index contributed by atoms with van der Waals surface area (Å²) in [5.74, 6) is 0.766. The molecule has 0 saturated heterocycles. The van der Waals surface area contributed by atoms with Crippen molar-refractivity contribution >= 4 is 29.0 Å². The smallest absolute Gasteiger partial charge is 0.137 e. The van der Waals surface area contributed by atoms with Gasteiger partial charge in [0.15, 0.2) is 0 Å². The van der Waals surface area contributed by atoms with Crippen molar-refractivity contribution < 1.29 is 0 Å². The molecule has 0 saturated carbocycles. The summed E-state index contributed by atoms with van der Waals surface area (Å²) in [5.41, 5.74) is 2.03. The Morgan fingerprint density at radius 2 is 1.84 bits per heavy atom. The molecule has 0 spiro atoms. The van der Waals surface area contributed by atoms with Crippen molar-refractivity contribution in [1.82, 2.24) is 9.97 Å². The van der Waals surface area contributed by atoms with Crippen LogP contribution in [0.4, 0.5) is 5.82 Å². The maximum atomic E-state index is 6.00.